The molecular formula is C18H12Br2N2S2. The Bertz CT molecular complexity index is 899. The molecule has 24 heavy (non-hydrogen) atoms. The molecule has 4 aromatic heterocycles. The Hall–Kier alpha value is -1.08. The Morgan fingerprint density at radius 2 is 1.21 bits per heavy atom. The molecule has 0 aromatic carbocycles. The molecule has 0 fully saturated rings. The van der Waals surface area contributed by atoms with Gasteiger partial charge in [-0.25, -0.2) is 9.97 Å². The van der Waals surface area contributed by atoms with E-state index >= 15 is 0 Å². The number of hydrogen-bond acceptors (Lipinski definition) is 4. The van der Waals surface area contributed by atoms with E-state index in [4.69, 9.17) is 0 Å². The van der Waals surface area contributed by atoms with Gasteiger partial charge in [0.2, 0.25) is 0 Å². The average molecular weight is 480 g/mol. The smallest absolute Gasteiger partial charge is 0.109 e. The third-order valence-corrected chi connectivity index (χ3v) is 7.43. The van der Waals surface area contributed by atoms with Crippen LogP contribution in [0, 0.1) is 0 Å². The van der Waals surface area contributed by atoms with Crippen molar-refractivity contribution in [2.75, 3.05) is 0 Å². The van der Waals surface area contributed by atoms with E-state index in [1.165, 1.54) is 30.3 Å². The van der Waals surface area contributed by atoms with Crippen molar-refractivity contribution >= 4 is 63.9 Å². The first-order valence-corrected chi connectivity index (χ1v) is 10.6. The van der Waals surface area contributed by atoms with Crippen molar-refractivity contribution in [1.29, 1.82) is 0 Å². The van der Waals surface area contributed by atoms with Crippen LogP contribution in [0.25, 0.3) is 9.40 Å². The fourth-order valence-electron chi connectivity index (χ4n) is 2.59. The second-order valence-electron chi connectivity index (χ2n) is 5.41. The molecule has 0 atom stereocenters. The SMILES string of the molecule is Brc1ncccc1Cc1cc2sc(Cc3cccnc3Br)cc2s1. The number of fused-ring (bicyclic) bond motifs is 1. The zero-order valence-electron chi connectivity index (χ0n) is 12.5. The maximum atomic E-state index is 4.30. The summed E-state index contributed by atoms with van der Waals surface area (Å²) in [6.45, 7) is 0. The molecule has 120 valence electrons. The van der Waals surface area contributed by atoms with E-state index < -0.39 is 0 Å². The Balaban J connectivity index is 1.57. The number of pyridine rings is 2. The summed E-state index contributed by atoms with van der Waals surface area (Å²) in [6, 6.07) is 12.8. The highest BCUT2D eigenvalue weighted by Crippen LogP contribution is 2.36. The van der Waals surface area contributed by atoms with Crippen molar-refractivity contribution in [2.45, 2.75) is 12.8 Å². The molecule has 0 radical (unpaired) electrons. The van der Waals surface area contributed by atoms with Crippen LogP contribution in [0.4, 0.5) is 0 Å². The van der Waals surface area contributed by atoms with Crippen molar-refractivity contribution in [3.05, 3.63) is 78.9 Å². The topological polar surface area (TPSA) is 25.8 Å². The fourth-order valence-corrected chi connectivity index (χ4v) is 5.86. The highest BCUT2D eigenvalue weighted by atomic mass is 79.9. The molecule has 0 spiro atoms. The van der Waals surface area contributed by atoms with Gasteiger partial charge in [0, 0.05) is 44.4 Å². The summed E-state index contributed by atoms with van der Waals surface area (Å²) in [6.07, 6.45) is 5.46. The summed E-state index contributed by atoms with van der Waals surface area (Å²) in [5, 5.41) is 0. The van der Waals surface area contributed by atoms with Crippen molar-refractivity contribution < 1.29 is 0 Å². The molecule has 0 N–H and O–H groups in total. The molecule has 0 aliphatic carbocycles. The molecule has 0 saturated carbocycles. The quantitative estimate of drug-likeness (QED) is 0.314. The highest BCUT2D eigenvalue weighted by Gasteiger charge is 2.10. The zero-order valence-corrected chi connectivity index (χ0v) is 17.3. The van der Waals surface area contributed by atoms with E-state index in [-0.39, 0.29) is 0 Å². The summed E-state index contributed by atoms with van der Waals surface area (Å²) < 4.78 is 4.60. The van der Waals surface area contributed by atoms with Crippen LogP contribution in [0.2, 0.25) is 0 Å². The first-order valence-electron chi connectivity index (χ1n) is 7.39. The van der Waals surface area contributed by atoms with Gasteiger partial charge in [0.25, 0.3) is 0 Å². The van der Waals surface area contributed by atoms with Crippen LogP contribution in [0.5, 0.6) is 0 Å². The van der Waals surface area contributed by atoms with Gasteiger partial charge in [0.05, 0.1) is 0 Å². The maximum Gasteiger partial charge on any atom is 0.109 e. The minimum atomic E-state index is 0.921. The standard InChI is InChI=1S/C18H12Br2N2S2/c19-17-11(3-1-5-21-17)7-13-9-15-16(23-13)10-14(24-15)8-12-4-2-6-22-18(12)20/h1-6,9-10H,7-8H2. The largest absolute Gasteiger partial charge is 0.249 e. The summed E-state index contributed by atoms with van der Waals surface area (Å²) in [7, 11) is 0. The molecule has 6 heteroatoms. The second-order valence-corrected chi connectivity index (χ2v) is 9.25. The molecule has 4 heterocycles. The van der Waals surface area contributed by atoms with E-state index in [0.29, 0.717) is 0 Å². The van der Waals surface area contributed by atoms with Crippen molar-refractivity contribution in [3.63, 3.8) is 0 Å². The van der Waals surface area contributed by atoms with Crippen LogP contribution in [0.3, 0.4) is 0 Å². The third-order valence-electron chi connectivity index (χ3n) is 3.71. The Labute approximate surface area is 164 Å². The zero-order chi connectivity index (χ0) is 16.5. The van der Waals surface area contributed by atoms with Crippen LogP contribution < -0.4 is 0 Å². The van der Waals surface area contributed by atoms with Gasteiger partial charge in [-0.2, -0.15) is 0 Å². The lowest BCUT2D eigenvalue weighted by molar-refractivity contribution is 1.14. The molecule has 0 aliphatic heterocycles. The van der Waals surface area contributed by atoms with Crippen molar-refractivity contribution in [1.82, 2.24) is 9.97 Å². The molecule has 0 saturated heterocycles. The van der Waals surface area contributed by atoms with Crippen molar-refractivity contribution in [3.8, 4) is 0 Å². The van der Waals surface area contributed by atoms with Gasteiger partial charge >= 0.3 is 0 Å². The van der Waals surface area contributed by atoms with Crippen LogP contribution in [-0.4, -0.2) is 9.97 Å². The normalized spacial score (nSPS) is 11.2. The second kappa shape index (κ2) is 7.04. The van der Waals surface area contributed by atoms with E-state index in [0.717, 1.165) is 22.0 Å². The van der Waals surface area contributed by atoms with Gasteiger partial charge in [-0.1, -0.05) is 12.1 Å². The first-order chi connectivity index (χ1) is 11.7. The van der Waals surface area contributed by atoms with Crippen molar-refractivity contribution in [2.24, 2.45) is 0 Å². The van der Waals surface area contributed by atoms with Gasteiger partial charge in [0.1, 0.15) is 9.21 Å². The Kier molecular flexibility index (Phi) is 4.81. The first kappa shape index (κ1) is 16.4. The number of nitrogens with zero attached hydrogens (tertiary/aromatic N) is 2. The lowest BCUT2D eigenvalue weighted by atomic mass is 10.2. The summed E-state index contributed by atoms with van der Waals surface area (Å²) in [4.78, 5) is 11.3. The predicted octanol–water partition coefficient (Wildman–Crippen LogP) is 6.46. The minimum absolute atomic E-state index is 0.921. The molecule has 0 aliphatic rings. The fraction of sp³-hybridized carbons (Fsp3) is 0.111. The summed E-state index contributed by atoms with van der Waals surface area (Å²) in [5.41, 5.74) is 2.46. The van der Waals surface area contributed by atoms with Gasteiger partial charge in [-0.3, -0.25) is 0 Å². The molecule has 4 rings (SSSR count). The number of hydrogen-bond donors (Lipinski definition) is 0. The third kappa shape index (κ3) is 3.47. The number of aromatic nitrogens is 2. The molecule has 0 amide bonds. The van der Waals surface area contributed by atoms with E-state index in [1.807, 2.05) is 47.2 Å². The molecule has 0 bridgehead atoms. The molecule has 0 unspecified atom stereocenters. The maximum absolute atomic E-state index is 4.30. The van der Waals surface area contributed by atoms with Crippen LogP contribution >= 0.6 is 54.5 Å². The van der Waals surface area contributed by atoms with E-state index in [1.54, 1.807) is 0 Å². The number of halogens is 2. The Morgan fingerprint density at radius 1 is 0.750 bits per heavy atom. The lowest BCUT2D eigenvalue weighted by Crippen LogP contribution is -1.88. The minimum Gasteiger partial charge on any atom is -0.249 e. The Morgan fingerprint density at radius 3 is 1.62 bits per heavy atom. The van der Waals surface area contributed by atoms with Gasteiger partial charge in [0.15, 0.2) is 0 Å². The number of thiophene rings is 2. The summed E-state index contributed by atoms with van der Waals surface area (Å²) in [5.74, 6) is 0. The van der Waals surface area contributed by atoms with Gasteiger partial charge in [-0.05, 0) is 67.3 Å². The van der Waals surface area contributed by atoms with Crippen LogP contribution in [0.1, 0.15) is 20.9 Å². The predicted molar refractivity (Wildman–Crippen MR) is 109 cm³/mol. The molecule has 2 nitrogen and oxygen atoms in total. The van der Waals surface area contributed by atoms with Crippen LogP contribution in [-0.2, 0) is 12.8 Å². The highest BCUT2D eigenvalue weighted by molar-refractivity contribution is 9.10. The lowest BCUT2D eigenvalue weighted by Gasteiger charge is -2.01. The average Bonchev–Trinajstić information content (AvgIpc) is 3.10. The van der Waals surface area contributed by atoms with Crippen LogP contribution in [0.15, 0.2) is 58.0 Å². The number of rotatable bonds is 4. The van der Waals surface area contributed by atoms with E-state index in [9.17, 15) is 0 Å². The summed E-state index contributed by atoms with van der Waals surface area (Å²) >= 11 is 10.8. The molecular weight excluding hydrogens is 468 g/mol. The monoisotopic (exact) mass is 478 g/mol. The van der Waals surface area contributed by atoms with Gasteiger partial charge < -0.3 is 0 Å². The molecule has 4 aromatic rings. The van der Waals surface area contributed by atoms with E-state index in [2.05, 4.69) is 66.1 Å². The van der Waals surface area contributed by atoms with Gasteiger partial charge in [-0.15, -0.1) is 22.7 Å².